The molecule has 1 aliphatic heterocycles. The first-order valence-corrected chi connectivity index (χ1v) is 6.99. The zero-order valence-corrected chi connectivity index (χ0v) is 11.7. The van der Waals surface area contributed by atoms with E-state index in [1.807, 2.05) is 26.0 Å². The lowest BCUT2D eigenvalue weighted by molar-refractivity contribution is -0.118. The van der Waals surface area contributed by atoms with E-state index in [9.17, 15) is 4.79 Å². The van der Waals surface area contributed by atoms with Crippen LogP contribution in [0.5, 0.6) is 0 Å². The van der Waals surface area contributed by atoms with Gasteiger partial charge < -0.3 is 16.0 Å². The highest BCUT2D eigenvalue weighted by Gasteiger charge is 2.17. The minimum atomic E-state index is -0.460. The van der Waals surface area contributed by atoms with Crippen molar-refractivity contribution < 1.29 is 4.79 Å². The van der Waals surface area contributed by atoms with Gasteiger partial charge in [0.2, 0.25) is 5.91 Å². The number of rotatable bonds is 4. The van der Waals surface area contributed by atoms with Gasteiger partial charge in [0.1, 0.15) is 0 Å². The lowest BCUT2D eigenvalue weighted by Crippen LogP contribution is -2.39. The number of amides is 1. The molecule has 1 unspecified atom stereocenters. The lowest BCUT2D eigenvalue weighted by Gasteiger charge is -2.19. The topological polar surface area (TPSA) is 58.4 Å². The molecule has 4 heteroatoms. The zero-order chi connectivity index (χ0) is 13.8. The number of anilines is 2. The third kappa shape index (κ3) is 3.47. The Morgan fingerprint density at radius 1 is 1.21 bits per heavy atom. The van der Waals surface area contributed by atoms with Gasteiger partial charge in [-0.3, -0.25) is 4.79 Å². The van der Waals surface area contributed by atoms with Crippen molar-refractivity contribution in [2.45, 2.75) is 32.7 Å². The fraction of sp³-hybridized carbons (Fsp3) is 0.533. The molecule has 104 valence electrons. The lowest BCUT2D eigenvalue weighted by atomic mass is 10.0. The molecule has 0 aromatic heterocycles. The van der Waals surface area contributed by atoms with E-state index in [1.54, 1.807) is 0 Å². The van der Waals surface area contributed by atoms with Crippen molar-refractivity contribution in [2.24, 2.45) is 11.7 Å². The Bertz CT molecular complexity index is 422. The molecule has 0 saturated carbocycles. The molecule has 1 saturated heterocycles. The molecule has 1 atom stereocenters. The van der Waals surface area contributed by atoms with Gasteiger partial charge in [-0.05, 0) is 43.0 Å². The number of carbonyl (C=O) groups excluding carboxylic acids is 1. The Hall–Kier alpha value is -1.55. The Labute approximate surface area is 115 Å². The molecule has 0 spiro atoms. The summed E-state index contributed by atoms with van der Waals surface area (Å²) >= 11 is 0. The van der Waals surface area contributed by atoms with Gasteiger partial charge in [-0.1, -0.05) is 13.8 Å². The minimum Gasteiger partial charge on any atom is -0.372 e. The Morgan fingerprint density at radius 2 is 1.79 bits per heavy atom. The molecule has 1 heterocycles. The Morgan fingerprint density at radius 3 is 2.32 bits per heavy atom. The molecule has 3 N–H and O–H groups in total. The molecule has 1 aromatic carbocycles. The first kappa shape index (κ1) is 13.9. The van der Waals surface area contributed by atoms with E-state index in [1.165, 1.54) is 18.5 Å². The summed E-state index contributed by atoms with van der Waals surface area (Å²) in [5, 5.41) is 2.86. The molecule has 4 nitrogen and oxygen atoms in total. The molecule has 1 amide bonds. The van der Waals surface area contributed by atoms with E-state index in [4.69, 9.17) is 5.73 Å². The molecule has 19 heavy (non-hydrogen) atoms. The molecule has 2 rings (SSSR count). The summed E-state index contributed by atoms with van der Waals surface area (Å²) in [5.74, 6) is 0.0211. The van der Waals surface area contributed by atoms with E-state index < -0.39 is 6.04 Å². The van der Waals surface area contributed by atoms with Crippen molar-refractivity contribution in [3.63, 3.8) is 0 Å². The van der Waals surface area contributed by atoms with Crippen LogP contribution < -0.4 is 16.0 Å². The fourth-order valence-electron chi connectivity index (χ4n) is 2.26. The van der Waals surface area contributed by atoms with Gasteiger partial charge in [-0.25, -0.2) is 0 Å². The molecule has 1 aliphatic rings. The molecule has 0 radical (unpaired) electrons. The molecule has 1 aromatic rings. The minimum absolute atomic E-state index is 0.121. The highest BCUT2D eigenvalue weighted by Crippen LogP contribution is 2.22. The number of benzene rings is 1. The van der Waals surface area contributed by atoms with E-state index >= 15 is 0 Å². The van der Waals surface area contributed by atoms with Crippen LogP contribution in [0.25, 0.3) is 0 Å². The van der Waals surface area contributed by atoms with Crippen molar-refractivity contribution in [3.05, 3.63) is 24.3 Å². The Balaban J connectivity index is 1.96. The van der Waals surface area contributed by atoms with Crippen molar-refractivity contribution in [1.82, 2.24) is 0 Å². The number of hydrogen-bond acceptors (Lipinski definition) is 3. The largest absolute Gasteiger partial charge is 0.372 e. The van der Waals surface area contributed by atoms with Gasteiger partial charge in [-0.2, -0.15) is 0 Å². The maximum atomic E-state index is 11.8. The van der Waals surface area contributed by atoms with Gasteiger partial charge in [0, 0.05) is 24.5 Å². The van der Waals surface area contributed by atoms with Gasteiger partial charge in [-0.15, -0.1) is 0 Å². The van der Waals surface area contributed by atoms with E-state index in [0.717, 1.165) is 18.8 Å². The maximum Gasteiger partial charge on any atom is 0.241 e. The van der Waals surface area contributed by atoms with Crippen LogP contribution in [-0.4, -0.2) is 25.0 Å². The summed E-state index contributed by atoms with van der Waals surface area (Å²) in [5.41, 5.74) is 7.85. The molecule has 0 aliphatic carbocycles. The van der Waals surface area contributed by atoms with Gasteiger partial charge in [0.25, 0.3) is 0 Å². The standard InChI is InChI=1S/C15H23N3O/c1-11(2)14(16)15(19)17-12-5-7-13(8-6-12)18-9-3-4-10-18/h5-8,11,14H,3-4,9-10,16H2,1-2H3,(H,17,19). The summed E-state index contributed by atoms with van der Waals surface area (Å²) in [4.78, 5) is 14.2. The van der Waals surface area contributed by atoms with E-state index in [2.05, 4.69) is 22.3 Å². The summed E-state index contributed by atoms with van der Waals surface area (Å²) in [7, 11) is 0. The van der Waals surface area contributed by atoms with Crippen LogP contribution in [0.1, 0.15) is 26.7 Å². The third-order valence-corrected chi connectivity index (χ3v) is 3.63. The van der Waals surface area contributed by atoms with Crippen LogP contribution in [0.15, 0.2) is 24.3 Å². The third-order valence-electron chi connectivity index (χ3n) is 3.63. The number of carbonyl (C=O) groups is 1. The molecule has 1 fully saturated rings. The van der Waals surface area contributed by atoms with E-state index in [-0.39, 0.29) is 11.8 Å². The maximum absolute atomic E-state index is 11.8. The van der Waals surface area contributed by atoms with Crippen LogP contribution in [0.4, 0.5) is 11.4 Å². The second kappa shape index (κ2) is 6.06. The molecule has 0 bridgehead atoms. The second-order valence-corrected chi connectivity index (χ2v) is 5.50. The SMILES string of the molecule is CC(C)C(N)C(=O)Nc1ccc(N2CCCC2)cc1. The van der Waals surface area contributed by atoms with Crippen molar-refractivity contribution >= 4 is 17.3 Å². The predicted molar refractivity (Wildman–Crippen MR) is 79.3 cm³/mol. The van der Waals surface area contributed by atoms with Gasteiger partial charge >= 0.3 is 0 Å². The first-order chi connectivity index (χ1) is 9.08. The van der Waals surface area contributed by atoms with Crippen LogP contribution >= 0.6 is 0 Å². The Kier molecular flexibility index (Phi) is 4.43. The molecular weight excluding hydrogens is 238 g/mol. The average molecular weight is 261 g/mol. The van der Waals surface area contributed by atoms with Crippen LogP contribution in [0.3, 0.4) is 0 Å². The summed E-state index contributed by atoms with van der Waals surface area (Å²) < 4.78 is 0. The quantitative estimate of drug-likeness (QED) is 0.873. The van der Waals surface area contributed by atoms with Crippen LogP contribution in [-0.2, 0) is 4.79 Å². The first-order valence-electron chi connectivity index (χ1n) is 6.99. The van der Waals surface area contributed by atoms with Crippen LogP contribution in [0.2, 0.25) is 0 Å². The summed E-state index contributed by atoms with van der Waals surface area (Å²) in [6.07, 6.45) is 2.53. The normalized spacial score (nSPS) is 16.7. The zero-order valence-electron chi connectivity index (χ0n) is 11.7. The van der Waals surface area contributed by atoms with Gasteiger partial charge in [0.05, 0.1) is 6.04 Å². The fourth-order valence-corrected chi connectivity index (χ4v) is 2.26. The smallest absolute Gasteiger partial charge is 0.241 e. The second-order valence-electron chi connectivity index (χ2n) is 5.50. The van der Waals surface area contributed by atoms with Gasteiger partial charge in [0.15, 0.2) is 0 Å². The van der Waals surface area contributed by atoms with Crippen molar-refractivity contribution in [3.8, 4) is 0 Å². The highest BCUT2D eigenvalue weighted by atomic mass is 16.2. The number of nitrogens with one attached hydrogen (secondary N) is 1. The summed E-state index contributed by atoms with van der Waals surface area (Å²) in [6.45, 7) is 6.15. The number of nitrogens with two attached hydrogens (primary N) is 1. The predicted octanol–water partition coefficient (Wildman–Crippen LogP) is 2.21. The van der Waals surface area contributed by atoms with E-state index in [0.29, 0.717) is 0 Å². The van der Waals surface area contributed by atoms with Crippen LogP contribution in [0, 0.1) is 5.92 Å². The monoisotopic (exact) mass is 261 g/mol. The highest BCUT2D eigenvalue weighted by molar-refractivity contribution is 5.94. The number of nitrogens with zero attached hydrogens (tertiary/aromatic N) is 1. The average Bonchev–Trinajstić information content (AvgIpc) is 2.92. The van der Waals surface area contributed by atoms with Crippen molar-refractivity contribution in [2.75, 3.05) is 23.3 Å². The number of hydrogen-bond donors (Lipinski definition) is 2. The van der Waals surface area contributed by atoms with Crippen molar-refractivity contribution in [1.29, 1.82) is 0 Å². The molecular formula is C15H23N3O. The summed E-state index contributed by atoms with van der Waals surface area (Å²) in [6, 6.07) is 7.54.